The third kappa shape index (κ3) is 4.42. The lowest BCUT2D eigenvalue weighted by Crippen LogP contribution is -2.25. The van der Waals surface area contributed by atoms with Gasteiger partial charge < -0.3 is 10.6 Å². The molecular formula is C19H20N2O2. The molecule has 4 heteroatoms. The molecule has 0 atom stereocenters. The molecule has 0 heterocycles. The van der Waals surface area contributed by atoms with Crippen LogP contribution in [0.4, 0.5) is 5.69 Å². The van der Waals surface area contributed by atoms with Crippen molar-refractivity contribution >= 4 is 17.5 Å². The molecule has 0 aliphatic heterocycles. The van der Waals surface area contributed by atoms with Crippen LogP contribution in [-0.4, -0.2) is 17.9 Å². The normalized spacial score (nSPS) is 13.4. The van der Waals surface area contributed by atoms with Crippen molar-refractivity contribution in [2.75, 3.05) is 5.32 Å². The minimum atomic E-state index is -0.0893. The van der Waals surface area contributed by atoms with Crippen molar-refractivity contribution in [2.45, 2.75) is 32.2 Å². The first kappa shape index (κ1) is 15.3. The molecule has 3 rings (SSSR count). The van der Waals surface area contributed by atoms with Crippen LogP contribution < -0.4 is 10.6 Å². The van der Waals surface area contributed by atoms with Crippen molar-refractivity contribution in [3.63, 3.8) is 0 Å². The summed E-state index contributed by atoms with van der Waals surface area (Å²) in [7, 11) is 0. The van der Waals surface area contributed by atoms with Crippen LogP contribution in [0.15, 0.2) is 48.5 Å². The smallest absolute Gasteiger partial charge is 0.251 e. The molecule has 0 saturated heterocycles. The molecule has 2 N–H and O–H groups in total. The van der Waals surface area contributed by atoms with Gasteiger partial charge in [0.05, 0.1) is 6.42 Å². The lowest BCUT2D eigenvalue weighted by molar-refractivity contribution is -0.115. The number of amides is 2. The van der Waals surface area contributed by atoms with Gasteiger partial charge in [-0.15, -0.1) is 0 Å². The predicted molar refractivity (Wildman–Crippen MR) is 90.4 cm³/mol. The average molecular weight is 308 g/mol. The van der Waals surface area contributed by atoms with Gasteiger partial charge in [-0.3, -0.25) is 9.59 Å². The maximum absolute atomic E-state index is 12.1. The fourth-order valence-corrected chi connectivity index (χ4v) is 2.33. The van der Waals surface area contributed by atoms with Crippen molar-refractivity contribution in [1.82, 2.24) is 5.32 Å². The number of carbonyl (C=O) groups is 2. The number of benzene rings is 2. The molecule has 0 aromatic heterocycles. The summed E-state index contributed by atoms with van der Waals surface area (Å²) in [5, 5.41) is 5.79. The third-order valence-corrected chi connectivity index (χ3v) is 3.81. The first-order valence-corrected chi connectivity index (χ1v) is 7.86. The van der Waals surface area contributed by atoms with E-state index >= 15 is 0 Å². The van der Waals surface area contributed by atoms with Crippen molar-refractivity contribution < 1.29 is 9.59 Å². The standard InChI is InChI=1S/C19H20N2O2/c1-13-5-7-14(8-6-13)11-18(22)20-17-4-2-3-15(12-17)19(23)21-16-9-10-16/h2-8,12,16H,9-11H2,1H3,(H,20,22)(H,21,23). The first-order chi connectivity index (χ1) is 11.1. The molecule has 2 aromatic rings. The van der Waals surface area contributed by atoms with Crippen LogP contribution in [0.1, 0.15) is 34.3 Å². The molecule has 118 valence electrons. The Hall–Kier alpha value is -2.62. The second kappa shape index (κ2) is 6.65. The maximum Gasteiger partial charge on any atom is 0.251 e. The zero-order valence-electron chi connectivity index (χ0n) is 13.1. The van der Waals surface area contributed by atoms with E-state index in [0.29, 0.717) is 23.7 Å². The summed E-state index contributed by atoms with van der Waals surface area (Å²) < 4.78 is 0. The molecule has 1 aliphatic rings. The molecule has 2 amide bonds. The Morgan fingerprint density at radius 2 is 1.83 bits per heavy atom. The quantitative estimate of drug-likeness (QED) is 0.892. The summed E-state index contributed by atoms with van der Waals surface area (Å²) in [6, 6.07) is 15.3. The summed E-state index contributed by atoms with van der Waals surface area (Å²) in [6.45, 7) is 2.02. The van der Waals surface area contributed by atoms with E-state index in [-0.39, 0.29) is 11.8 Å². The van der Waals surface area contributed by atoms with Gasteiger partial charge in [0.2, 0.25) is 5.91 Å². The second-order valence-corrected chi connectivity index (χ2v) is 6.04. The van der Waals surface area contributed by atoms with E-state index in [9.17, 15) is 9.59 Å². The fourth-order valence-electron chi connectivity index (χ4n) is 2.33. The van der Waals surface area contributed by atoms with Crippen LogP contribution in [-0.2, 0) is 11.2 Å². The van der Waals surface area contributed by atoms with E-state index in [1.807, 2.05) is 31.2 Å². The van der Waals surface area contributed by atoms with Gasteiger partial charge >= 0.3 is 0 Å². The SMILES string of the molecule is Cc1ccc(CC(=O)Nc2cccc(C(=O)NC3CC3)c2)cc1. The summed E-state index contributed by atoms with van der Waals surface area (Å²) >= 11 is 0. The zero-order valence-corrected chi connectivity index (χ0v) is 13.1. The minimum Gasteiger partial charge on any atom is -0.349 e. The highest BCUT2D eigenvalue weighted by Gasteiger charge is 2.23. The Kier molecular flexibility index (Phi) is 4.42. The van der Waals surface area contributed by atoms with Crippen LogP contribution in [0.2, 0.25) is 0 Å². The first-order valence-electron chi connectivity index (χ1n) is 7.86. The highest BCUT2D eigenvalue weighted by molar-refractivity contribution is 5.97. The molecule has 1 aliphatic carbocycles. The number of aryl methyl sites for hydroxylation is 1. The minimum absolute atomic E-state index is 0.0814. The van der Waals surface area contributed by atoms with Crippen LogP contribution in [0, 0.1) is 6.92 Å². The lowest BCUT2D eigenvalue weighted by Gasteiger charge is -2.08. The fraction of sp³-hybridized carbons (Fsp3) is 0.263. The van der Waals surface area contributed by atoms with E-state index in [2.05, 4.69) is 10.6 Å². The van der Waals surface area contributed by atoms with Crippen molar-refractivity contribution in [3.05, 3.63) is 65.2 Å². The van der Waals surface area contributed by atoms with Gasteiger partial charge in [0.25, 0.3) is 5.91 Å². The molecule has 0 unspecified atom stereocenters. The number of nitrogens with one attached hydrogen (secondary N) is 2. The monoisotopic (exact) mass is 308 g/mol. The topological polar surface area (TPSA) is 58.2 Å². The summed E-state index contributed by atoms with van der Waals surface area (Å²) in [6.07, 6.45) is 2.43. The van der Waals surface area contributed by atoms with Crippen molar-refractivity contribution in [1.29, 1.82) is 0 Å². The van der Waals surface area contributed by atoms with Gasteiger partial charge in [-0.2, -0.15) is 0 Å². The van der Waals surface area contributed by atoms with E-state index in [4.69, 9.17) is 0 Å². The molecule has 1 fully saturated rings. The van der Waals surface area contributed by atoms with E-state index < -0.39 is 0 Å². The van der Waals surface area contributed by atoms with Crippen LogP contribution in [0.5, 0.6) is 0 Å². The van der Waals surface area contributed by atoms with E-state index in [1.165, 1.54) is 5.56 Å². The van der Waals surface area contributed by atoms with E-state index in [0.717, 1.165) is 18.4 Å². The number of hydrogen-bond donors (Lipinski definition) is 2. The molecule has 4 nitrogen and oxygen atoms in total. The Labute approximate surface area is 135 Å². The number of anilines is 1. The Morgan fingerprint density at radius 1 is 1.09 bits per heavy atom. The number of hydrogen-bond acceptors (Lipinski definition) is 2. The Bertz CT molecular complexity index is 718. The molecule has 0 spiro atoms. The predicted octanol–water partition coefficient (Wildman–Crippen LogP) is 3.07. The lowest BCUT2D eigenvalue weighted by atomic mass is 10.1. The van der Waals surface area contributed by atoms with Gasteiger partial charge in [0, 0.05) is 17.3 Å². The number of carbonyl (C=O) groups excluding carboxylic acids is 2. The Morgan fingerprint density at radius 3 is 2.52 bits per heavy atom. The summed E-state index contributed by atoms with van der Waals surface area (Å²) in [5.41, 5.74) is 3.36. The van der Waals surface area contributed by atoms with Crippen LogP contribution in [0.3, 0.4) is 0 Å². The van der Waals surface area contributed by atoms with Crippen molar-refractivity contribution in [2.24, 2.45) is 0 Å². The molecular weight excluding hydrogens is 288 g/mol. The van der Waals surface area contributed by atoms with Crippen molar-refractivity contribution in [3.8, 4) is 0 Å². The highest BCUT2D eigenvalue weighted by atomic mass is 16.2. The highest BCUT2D eigenvalue weighted by Crippen LogP contribution is 2.20. The average Bonchev–Trinajstić information content (AvgIpc) is 3.34. The molecule has 0 radical (unpaired) electrons. The van der Waals surface area contributed by atoms with Gasteiger partial charge in [-0.05, 0) is 43.5 Å². The molecule has 1 saturated carbocycles. The van der Waals surface area contributed by atoms with Crippen LogP contribution >= 0.6 is 0 Å². The second-order valence-electron chi connectivity index (χ2n) is 6.04. The Balaban J connectivity index is 1.61. The maximum atomic E-state index is 12.1. The van der Waals surface area contributed by atoms with Gasteiger partial charge in [0.15, 0.2) is 0 Å². The van der Waals surface area contributed by atoms with Crippen LogP contribution in [0.25, 0.3) is 0 Å². The summed E-state index contributed by atoms with van der Waals surface area (Å²) in [4.78, 5) is 24.2. The molecule has 23 heavy (non-hydrogen) atoms. The largest absolute Gasteiger partial charge is 0.349 e. The van der Waals surface area contributed by atoms with Gasteiger partial charge in [0.1, 0.15) is 0 Å². The third-order valence-electron chi connectivity index (χ3n) is 3.81. The molecule has 0 bridgehead atoms. The van der Waals surface area contributed by atoms with Gasteiger partial charge in [-0.1, -0.05) is 35.9 Å². The summed E-state index contributed by atoms with van der Waals surface area (Å²) in [5.74, 6) is -0.171. The zero-order chi connectivity index (χ0) is 16.2. The molecule has 2 aromatic carbocycles. The number of rotatable bonds is 5. The van der Waals surface area contributed by atoms with E-state index in [1.54, 1.807) is 24.3 Å². The van der Waals surface area contributed by atoms with Gasteiger partial charge in [-0.25, -0.2) is 0 Å².